The molecule has 1 rings (SSSR count). The van der Waals surface area contributed by atoms with Gasteiger partial charge in [0.05, 0.1) is 6.61 Å². The van der Waals surface area contributed by atoms with Crippen LogP contribution in [0.25, 0.3) is 0 Å². The van der Waals surface area contributed by atoms with Crippen LogP contribution in [0.5, 0.6) is 0 Å². The first kappa shape index (κ1) is 14.2. The van der Waals surface area contributed by atoms with E-state index in [1.165, 1.54) is 17.5 Å². The molecular formula is C15H25NO. The summed E-state index contributed by atoms with van der Waals surface area (Å²) in [5.74, 6) is 0. The summed E-state index contributed by atoms with van der Waals surface area (Å²) in [6, 6.07) is 8.59. The van der Waals surface area contributed by atoms with Gasteiger partial charge in [0.1, 0.15) is 0 Å². The average molecular weight is 235 g/mol. The molecule has 17 heavy (non-hydrogen) atoms. The molecule has 0 atom stereocenters. The monoisotopic (exact) mass is 235 g/mol. The molecule has 0 amide bonds. The predicted octanol–water partition coefficient (Wildman–Crippen LogP) is 3.36. The first-order valence-corrected chi connectivity index (χ1v) is 6.29. The Bertz CT molecular complexity index is 311. The number of hydrogen-bond donors (Lipinski definition) is 1. The number of rotatable bonds is 6. The van der Waals surface area contributed by atoms with Gasteiger partial charge in [-0.05, 0) is 29.5 Å². The smallest absolute Gasteiger partial charge is 0.0713 e. The molecule has 0 heterocycles. The van der Waals surface area contributed by atoms with Gasteiger partial charge in [0.25, 0.3) is 0 Å². The minimum atomic E-state index is 0.412. The van der Waals surface area contributed by atoms with Crippen LogP contribution in [0.4, 0.5) is 0 Å². The van der Waals surface area contributed by atoms with E-state index in [-0.39, 0.29) is 0 Å². The molecule has 0 radical (unpaired) electrons. The molecule has 0 aliphatic carbocycles. The zero-order valence-corrected chi connectivity index (χ0v) is 11.5. The van der Waals surface area contributed by atoms with Crippen LogP contribution in [0.2, 0.25) is 0 Å². The van der Waals surface area contributed by atoms with Crippen molar-refractivity contribution in [2.75, 3.05) is 13.7 Å². The highest BCUT2D eigenvalue weighted by atomic mass is 16.5. The Morgan fingerprint density at radius 2 is 1.65 bits per heavy atom. The van der Waals surface area contributed by atoms with Gasteiger partial charge < -0.3 is 10.1 Å². The minimum Gasteiger partial charge on any atom is -0.380 e. The van der Waals surface area contributed by atoms with E-state index < -0.39 is 0 Å². The van der Waals surface area contributed by atoms with Gasteiger partial charge in [0, 0.05) is 13.7 Å². The van der Waals surface area contributed by atoms with Gasteiger partial charge >= 0.3 is 0 Å². The topological polar surface area (TPSA) is 21.3 Å². The second kappa shape index (κ2) is 6.77. The maximum atomic E-state index is 5.09. The summed E-state index contributed by atoms with van der Waals surface area (Å²) >= 11 is 0. The van der Waals surface area contributed by atoms with E-state index in [0.29, 0.717) is 12.0 Å². The third-order valence-electron chi connectivity index (χ3n) is 2.71. The molecule has 2 nitrogen and oxygen atoms in total. The molecule has 2 heteroatoms. The molecule has 0 spiro atoms. The van der Waals surface area contributed by atoms with E-state index in [1.807, 2.05) is 0 Å². The van der Waals surface area contributed by atoms with Crippen LogP contribution in [0.1, 0.15) is 38.3 Å². The second-order valence-electron chi connectivity index (χ2n) is 5.74. The van der Waals surface area contributed by atoms with Crippen molar-refractivity contribution in [3.8, 4) is 0 Å². The Balaban J connectivity index is 2.27. The standard InChI is InChI=1S/C15H25NO/c1-15(2,3)9-10-16-11-13-5-7-14(8-6-13)12-17-4/h5-8,16H,9-12H2,1-4H3. The fraction of sp³-hybridized carbons (Fsp3) is 0.600. The lowest BCUT2D eigenvalue weighted by Gasteiger charge is -2.18. The lowest BCUT2D eigenvalue weighted by atomic mass is 9.92. The van der Waals surface area contributed by atoms with Crippen molar-refractivity contribution in [1.82, 2.24) is 5.32 Å². The first-order chi connectivity index (χ1) is 8.01. The Morgan fingerprint density at radius 3 is 2.18 bits per heavy atom. The average Bonchev–Trinajstić information content (AvgIpc) is 2.26. The van der Waals surface area contributed by atoms with Crippen molar-refractivity contribution < 1.29 is 4.74 Å². The van der Waals surface area contributed by atoms with Crippen molar-refractivity contribution in [3.05, 3.63) is 35.4 Å². The van der Waals surface area contributed by atoms with Crippen LogP contribution >= 0.6 is 0 Å². The van der Waals surface area contributed by atoms with E-state index in [9.17, 15) is 0 Å². The SMILES string of the molecule is COCc1ccc(CNCCC(C)(C)C)cc1. The van der Waals surface area contributed by atoms with E-state index in [2.05, 4.69) is 50.4 Å². The third-order valence-corrected chi connectivity index (χ3v) is 2.71. The first-order valence-electron chi connectivity index (χ1n) is 6.29. The largest absolute Gasteiger partial charge is 0.380 e. The summed E-state index contributed by atoms with van der Waals surface area (Å²) in [5, 5.41) is 3.48. The van der Waals surface area contributed by atoms with Gasteiger partial charge in [-0.2, -0.15) is 0 Å². The van der Waals surface area contributed by atoms with Crippen molar-refractivity contribution in [2.24, 2.45) is 5.41 Å². The molecule has 1 N–H and O–H groups in total. The highest BCUT2D eigenvalue weighted by molar-refractivity contribution is 5.21. The summed E-state index contributed by atoms with van der Waals surface area (Å²) in [5.41, 5.74) is 2.97. The van der Waals surface area contributed by atoms with Crippen LogP contribution in [0, 0.1) is 5.41 Å². The van der Waals surface area contributed by atoms with Crippen molar-refractivity contribution >= 4 is 0 Å². The Morgan fingerprint density at radius 1 is 1.06 bits per heavy atom. The summed E-state index contributed by atoms with van der Waals surface area (Å²) in [7, 11) is 1.72. The Kier molecular flexibility index (Phi) is 5.66. The van der Waals surface area contributed by atoms with Crippen molar-refractivity contribution in [3.63, 3.8) is 0 Å². The maximum absolute atomic E-state index is 5.09. The zero-order valence-electron chi connectivity index (χ0n) is 11.5. The minimum absolute atomic E-state index is 0.412. The van der Waals surface area contributed by atoms with Gasteiger partial charge in [-0.3, -0.25) is 0 Å². The molecule has 0 saturated heterocycles. The highest BCUT2D eigenvalue weighted by Crippen LogP contribution is 2.17. The van der Waals surface area contributed by atoms with Crippen LogP contribution in [0.3, 0.4) is 0 Å². The lowest BCUT2D eigenvalue weighted by Crippen LogP contribution is -2.20. The molecule has 0 aromatic heterocycles. The molecule has 1 aromatic rings. The summed E-state index contributed by atoms with van der Waals surface area (Å²) < 4.78 is 5.09. The Hall–Kier alpha value is -0.860. The zero-order chi connectivity index (χ0) is 12.7. The number of nitrogens with one attached hydrogen (secondary N) is 1. The molecule has 0 bridgehead atoms. The molecule has 96 valence electrons. The van der Waals surface area contributed by atoms with Gasteiger partial charge in [0.2, 0.25) is 0 Å². The van der Waals surface area contributed by atoms with Crippen LogP contribution < -0.4 is 5.32 Å². The van der Waals surface area contributed by atoms with E-state index in [1.54, 1.807) is 7.11 Å². The van der Waals surface area contributed by atoms with Gasteiger partial charge in [-0.1, -0.05) is 45.0 Å². The second-order valence-corrected chi connectivity index (χ2v) is 5.74. The third kappa shape index (κ3) is 6.44. The molecule has 0 aliphatic heterocycles. The normalized spacial score (nSPS) is 11.8. The number of ether oxygens (including phenoxy) is 1. The highest BCUT2D eigenvalue weighted by Gasteiger charge is 2.08. The van der Waals surface area contributed by atoms with Crippen molar-refractivity contribution in [2.45, 2.75) is 40.3 Å². The molecular weight excluding hydrogens is 210 g/mol. The number of methoxy groups -OCH3 is 1. The molecule has 0 fully saturated rings. The number of hydrogen-bond acceptors (Lipinski definition) is 2. The van der Waals surface area contributed by atoms with Gasteiger partial charge in [0.15, 0.2) is 0 Å². The number of benzene rings is 1. The molecule has 0 aliphatic rings. The van der Waals surface area contributed by atoms with Crippen LogP contribution in [-0.4, -0.2) is 13.7 Å². The maximum Gasteiger partial charge on any atom is 0.0713 e. The van der Waals surface area contributed by atoms with Crippen LogP contribution in [-0.2, 0) is 17.9 Å². The van der Waals surface area contributed by atoms with Crippen LogP contribution in [0.15, 0.2) is 24.3 Å². The van der Waals surface area contributed by atoms with Gasteiger partial charge in [-0.25, -0.2) is 0 Å². The van der Waals surface area contributed by atoms with Crippen molar-refractivity contribution in [1.29, 1.82) is 0 Å². The summed E-state index contributed by atoms with van der Waals surface area (Å²) in [6.45, 7) is 9.53. The van der Waals surface area contributed by atoms with E-state index in [4.69, 9.17) is 4.74 Å². The Labute approximate surface area is 105 Å². The van der Waals surface area contributed by atoms with E-state index >= 15 is 0 Å². The fourth-order valence-electron chi connectivity index (χ4n) is 1.62. The predicted molar refractivity (Wildman–Crippen MR) is 72.9 cm³/mol. The molecule has 0 saturated carbocycles. The van der Waals surface area contributed by atoms with E-state index in [0.717, 1.165) is 13.1 Å². The summed E-state index contributed by atoms with van der Waals surface area (Å²) in [6.07, 6.45) is 1.20. The molecule has 0 unspecified atom stereocenters. The fourth-order valence-corrected chi connectivity index (χ4v) is 1.62. The molecule has 1 aromatic carbocycles. The van der Waals surface area contributed by atoms with Gasteiger partial charge in [-0.15, -0.1) is 0 Å². The quantitative estimate of drug-likeness (QED) is 0.763. The lowest BCUT2D eigenvalue weighted by molar-refractivity contribution is 0.185. The summed E-state index contributed by atoms with van der Waals surface area (Å²) in [4.78, 5) is 0.